The topological polar surface area (TPSA) is 128 Å². The molecule has 1 amide bonds. The second-order valence-corrected chi connectivity index (χ2v) is 9.17. The molecule has 10 heteroatoms. The predicted octanol–water partition coefficient (Wildman–Crippen LogP) is 4.50. The lowest BCUT2D eigenvalue weighted by atomic mass is 10.1. The highest BCUT2D eigenvalue weighted by Gasteiger charge is 2.24. The minimum Gasteiger partial charge on any atom is -0.507 e. The number of rotatable bonds is 7. The molecule has 0 fully saturated rings. The van der Waals surface area contributed by atoms with E-state index < -0.39 is 0 Å². The standard InChI is InChI=1S/C27H23BrN6O3/c1-37-19-9-6-16(7-10-19)12-13-30-27(36)23-24-26(33-21-5-3-2-4-20(21)32-24)34(25(23)29)31-15-17-14-18(28)8-11-22(17)35/h2-11,14-15,35H,12-13,29H2,1H3,(H,30,36)/b31-15-. The van der Waals surface area contributed by atoms with Gasteiger partial charge in [-0.15, -0.1) is 0 Å². The lowest BCUT2D eigenvalue weighted by molar-refractivity contribution is 0.0956. The minimum absolute atomic E-state index is 0.0509. The second kappa shape index (κ2) is 10.3. The van der Waals surface area contributed by atoms with Crippen LogP contribution in [0.3, 0.4) is 0 Å². The summed E-state index contributed by atoms with van der Waals surface area (Å²) in [6.07, 6.45) is 2.08. The van der Waals surface area contributed by atoms with Gasteiger partial charge in [0.25, 0.3) is 5.91 Å². The molecule has 0 bridgehead atoms. The third-order valence-corrected chi connectivity index (χ3v) is 6.35. The molecule has 0 saturated carbocycles. The molecular formula is C27H23BrN6O3. The van der Waals surface area contributed by atoms with Crippen LogP contribution in [-0.4, -0.2) is 45.5 Å². The summed E-state index contributed by atoms with van der Waals surface area (Å²) in [4.78, 5) is 22.7. The fourth-order valence-electron chi connectivity index (χ4n) is 3.94. The van der Waals surface area contributed by atoms with Crippen LogP contribution < -0.4 is 15.8 Å². The van der Waals surface area contributed by atoms with Gasteiger partial charge in [0.2, 0.25) is 0 Å². The number of anilines is 1. The summed E-state index contributed by atoms with van der Waals surface area (Å²) in [5, 5.41) is 17.6. The Hall–Kier alpha value is -4.44. The van der Waals surface area contributed by atoms with Crippen molar-refractivity contribution in [2.24, 2.45) is 5.10 Å². The molecule has 3 aromatic carbocycles. The maximum Gasteiger partial charge on any atom is 0.257 e. The maximum atomic E-state index is 13.3. The van der Waals surface area contributed by atoms with Crippen LogP contribution in [0.1, 0.15) is 21.5 Å². The third-order valence-electron chi connectivity index (χ3n) is 5.86. The van der Waals surface area contributed by atoms with E-state index in [1.807, 2.05) is 48.5 Å². The van der Waals surface area contributed by atoms with Crippen molar-refractivity contribution in [2.45, 2.75) is 6.42 Å². The van der Waals surface area contributed by atoms with Gasteiger partial charge < -0.3 is 20.9 Å². The molecule has 9 nitrogen and oxygen atoms in total. The normalized spacial score (nSPS) is 11.4. The molecule has 5 aromatic rings. The Kier molecular flexibility index (Phi) is 6.74. The van der Waals surface area contributed by atoms with Gasteiger partial charge in [0, 0.05) is 16.6 Å². The summed E-state index contributed by atoms with van der Waals surface area (Å²) in [5.74, 6) is 0.545. The number of amides is 1. The monoisotopic (exact) mass is 558 g/mol. The fraction of sp³-hybridized carbons (Fsp3) is 0.111. The van der Waals surface area contributed by atoms with E-state index >= 15 is 0 Å². The summed E-state index contributed by atoms with van der Waals surface area (Å²) in [6.45, 7) is 0.396. The Morgan fingerprint density at radius 2 is 1.86 bits per heavy atom. The highest BCUT2D eigenvalue weighted by atomic mass is 79.9. The van der Waals surface area contributed by atoms with Gasteiger partial charge in [-0.05, 0) is 54.4 Å². The first-order valence-corrected chi connectivity index (χ1v) is 12.2. The van der Waals surface area contributed by atoms with Gasteiger partial charge in [0.05, 0.1) is 24.4 Å². The van der Waals surface area contributed by atoms with Gasteiger partial charge in [-0.25, -0.2) is 9.97 Å². The number of nitrogen functional groups attached to an aromatic ring is 1. The van der Waals surface area contributed by atoms with Gasteiger partial charge in [0.15, 0.2) is 5.65 Å². The summed E-state index contributed by atoms with van der Waals surface area (Å²) in [5.41, 5.74) is 10.1. The molecule has 2 heterocycles. The zero-order valence-electron chi connectivity index (χ0n) is 19.9. The summed E-state index contributed by atoms with van der Waals surface area (Å²) in [7, 11) is 1.62. The molecule has 37 heavy (non-hydrogen) atoms. The van der Waals surface area contributed by atoms with E-state index in [1.54, 1.807) is 25.3 Å². The smallest absolute Gasteiger partial charge is 0.257 e. The third kappa shape index (κ3) is 4.96. The fourth-order valence-corrected chi connectivity index (χ4v) is 4.32. The number of aromatic nitrogens is 3. The summed E-state index contributed by atoms with van der Waals surface area (Å²) in [6, 6.07) is 20.0. The first-order valence-electron chi connectivity index (χ1n) is 11.5. The lowest BCUT2D eigenvalue weighted by Gasteiger charge is -2.06. The van der Waals surface area contributed by atoms with Crippen LogP contribution >= 0.6 is 15.9 Å². The molecule has 0 aliphatic carbocycles. The quantitative estimate of drug-likeness (QED) is 0.252. The molecule has 0 aliphatic heterocycles. The molecule has 0 unspecified atom stereocenters. The van der Waals surface area contributed by atoms with E-state index in [0.717, 1.165) is 15.8 Å². The molecule has 2 aromatic heterocycles. The maximum absolute atomic E-state index is 13.3. The van der Waals surface area contributed by atoms with Crippen molar-refractivity contribution in [3.05, 3.63) is 87.9 Å². The summed E-state index contributed by atoms with van der Waals surface area (Å²) < 4.78 is 7.34. The van der Waals surface area contributed by atoms with Crippen LogP contribution in [0.4, 0.5) is 5.82 Å². The number of aromatic hydroxyl groups is 1. The van der Waals surface area contributed by atoms with E-state index in [0.29, 0.717) is 40.7 Å². The van der Waals surface area contributed by atoms with Crippen molar-refractivity contribution in [3.8, 4) is 11.5 Å². The van der Waals surface area contributed by atoms with E-state index in [-0.39, 0.29) is 23.0 Å². The number of phenolic OH excluding ortho intramolecular Hbond substituents is 1. The first kappa shape index (κ1) is 24.3. The first-order chi connectivity index (χ1) is 17.9. The van der Waals surface area contributed by atoms with Crippen LogP contribution in [-0.2, 0) is 6.42 Å². The molecule has 0 aliphatic rings. The van der Waals surface area contributed by atoms with Crippen LogP contribution in [0.2, 0.25) is 0 Å². The molecule has 0 radical (unpaired) electrons. The Labute approximate surface area is 220 Å². The van der Waals surface area contributed by atoms with Crippen molar-refractivity contribution in [1.29, 1.82) is 0 Å². The number of carbonyl (C=O) groups excluding carboxylic acids is 1. The van der Waals surface area contributed by atoms with Crippen LogP contribution in [0.25, 0.3) is 22.2 Å². The number of ether oxygens (including phenoxy) is 1. The van der Waals surface area contributed by atoms with Crippen molar-refractivity contribution in [3.63, 3.8) is 0 Å². The number of hydrogen-bond donors (Lipinski definition) is 3. The molecule has 0 spiro atoms. The SMILES string of the molecule is COc1ccc(CCNC(=O)c2c(N)n(/N=C\c3cc(Br)ccc3O)c3nc4ccccc4nc23)cc1. The number of nitrogens with zero attached hydrogens (tertiary/aromatic N) is 4. The van der Waals surface area contributed by atoms with Crippen molar-refractivity contribution in [2.75, 3.05) is 19.4 Å². The molecule has 0 saturated heterocycles. The second-order valence-electron chi connectivity index (χ2n) is 8.26. The Morgan fingerprint density at radius 3 is 2.59 bits per heavy atom. The highest BCUT2D eigenvalue weighted by Crippen LogP contribution is 2.28. The van der Waals surface area contributed by atoms with Crippen LogP contribution in [0, 0.1) is 0 Å². The highest BCUT2D eigenvalue weighted by molar-refractivity contribution is 9.10. The van der Waals surface area contributed by atoms with E-state index in [2.05, 4.69) is 36.3 Å². The van der Waals surface area contributed by atoms with Crippen molar-refractivity contribution in [1.82, 2.24) is 20.0 Å². The number of halogens is 1. The number of nitrogens with two attached hydrogens (primary N) is 1. The summed E-state index contributed by atoms with van der Waals surface area (Å²) >= 11 is 3.39. The van der Waals surface area contributed by atoms with Gasteiger partial charge in [-0.2, -0.15) is 9.78 Å². The average molecular weight is 559 g/mol. The molecule has 0 atom stereocenters. The zero-order chi connectivity index (χ0) is 25.9. The number of carbonyl (C=O) groups is 1. The predicted molar refractivity (Wildman–Crippen MR) is 147 cm³/mol. The number of para-hydroxylation sites is 2. The van der Waals surface area contributed by atoms with E-state index in [1.165, 1.54) is 10.9 Å². The number of benzene rings is 3. The molecule has 186 valence electrons. The Bertz CT molecular complexity index is 1650. The van der Waals surface area contributed by atoms with Crippen molar-refractivity contribution < 1.29 is 14.6 Å². The number of methoxy groups -OCH3 is 1. The van der Waals surface area contributed by atoms with Gasteiger partial charge in [-0.1, -0.05) is 40.2 Å². The number of phenols is 1. The number of nitrogens with one attached hydrogen (secondary N) is 1. The van der Waals surface area contributed by atoms with Gasteiger partial charge in [0.1, 0.15) is 28.4 Å². The average Bonchev–Trinajstić information content (AvgIpc) is 3.18. The Morgan fingerprint density at radius 1 is 1.14 bits per heavy atom. The number of fused-ring (bicyclic) bond motifs is 2. The lowest BCUT2D eigenvalue weighted by Crippen LogP contribution is -2.26. The van der Waals surface area contributed by atoms with Gasteiger partial charge in [-0.3, -0.25) is 4.79 Å². The van der Waals surface area contributed by atoms with Gasteiger partial charge >= 0.3 is 0 Å². The molecule has 5 rings (SSSR count). The minimum atomic E-state index is -0.375. The van der Waals surface area contributed by atoms with E-state index in [9.17, 15) is 9.90 Å². The zero-order valence-corrected chi connectivity index (χ0v) is 21.4. The van der Waals surface area contributed by atoms with E-state index in [4.69, 9.17) is 10.5 Å². The molecular weight excluding hydrogens is 536 g/mol. The molecule has 4 N–H and O–H groups in total. The Balaban J connectivity index is 1.50. The largest absolute Gasteiger partial charge is 0.507 e. The van der Waals surface area contributed by atoms with Crippen LogP contribution in [0.5, 0.6) is 11.5 Å². The number of hydrogen-bond acceptors (Lipinski definition) is 7. The van der Waals surface area contributed by atoms with Crippen molar-refractivity contribution >= 4 is 56.1 Å². The van der Waals surface area contributed by atoms with Crippen LogP contribution in [0.15, 0.2) is 76.3 Å².